The van der Waals surface area contributed by atoms with Crippen LogP contribution < -0.4 is 0 Å². The van der Waals surface area contributed by atoms with Gasteiger partial charge in [-0.1, -0.05) is 139 Å². The number of phosphoric ester groups is 2. The molecule has 0 saturated heterocycles. The first-order valence-electron chi connectivity index (χ1n) is 20.4. The van der Waals surface area contributed by atoms with Gasteiger partial charge >= 0.3 is 27.6 Å². The van der Waals surface area contributed by atoms with Gasteiger partial charge in [0.2, 0.25) is 0 Å². The molecule has 5 N–H and O–H groups in total. The number of allylic oxidation sites excluding steroid dienone is 8. The van der Waals surface area contributed by atoms with Gasteiger partial charge in [0.1, 0.15) is 12.7 Å². The third kappa shape index (κ3) is 40.3. The third-order valence-corrected chi connectivity index (χ3v) is 9.61. The molecule has 0 bridgehead atoms. The number of hydrogen-bond donors (Lipinski definition) is 5. The smallest absolute Gasteiger partial charge is 0.462 e. The van der Waals surface area contributed by atoms with Crippen LogP contribution in [-0.2, 0) is 41.8 Å². The van der Waals surface area contributed by atoms with Crippen LogP contribution in [0.25, 0.3) is 0 Å². The first-order valence-corrected chi connectivity index (χ1v) is 23.5. The molecule has 0 aromatic heterocycles. The van der Waals surface area contributed by atoms with Crippen LogP contribution >= 0.6 is 15.6 Å². The highest BCUT2D eigenvalue weighted by molar-refractivity contribution is 7.47. The minimum Gasteiger partial charge on any atom is -0.462 e. The van der Waals surface area contributed by atoms with Crippen molar-refractivity contribution in [2.45, 2.75) is 155 Å². The summed E-state index contributed by atoms with van der Waals surface area (Å²) in [6.45, 7) is 3.74. The lowest BCUT2D eigenvalue weighted by Gasteiger charge is -2.20. The number of esters is 2. The number of hydrogen-bond acceptors (Lipinski definition) is 11. The van der Waals surface area contributed by atoms with Crippen LogP contribution in [0.5, 0.6) is 0 Å². The molecule has 14 nitrogen and oxygen atoms in total. The fourth-order valence-corrected chi connectivity index (χ4v) is 6.22. The second kappa shape index (κ2) is 35.7. The Labute approximate surface area is 341 Å². The molecule has 0 heterocycles. The van der Waals surface area contributed by atoms with Gasteiger partial charge in [0.25, 0.3) is 0 Å². The van der Waals surface area contributed by atoms with E-state index < -0.39 is 72.3 Å². The molecule has 0 fully saturated rings. The minimum atomic E-state index is -4.88. The number of carbonyl (C=O) groups excluding carboxylic acids is 2. The maximum atomic E-state index is 12.6. The number of aliphatic hydroxyl groups excluding tert-OH is 2. The van der Waals surface area contributed by atoms with Crippen LogP contribution in [0.3, 0.4) is 0 Å². The molecule has 57 heavy (non-hydrogen) atoms. The van der Waals surface area contributed by atoms with E-state index in [4.69, 9.17) is 23.8 Å². The number of unbranched alkanes of at least 4 members (excludes halogenated alkanes) is 9. The highest BCUT2D eigenvalue weighted by atomic mass is 31.2. The Hall–Kier alpha value is -2.22. The molecule has 0 aromatic carbocycles. The normalized spacial score (nSPS) is 15.4. The Morgan fingerprint density at radius 1 is 0.632 bits per heavy atom. The fraction of sp³-hybridized carbons (Fsp3) is 0.707. The Bertz CT molecular complexity index is 1270. The molecule has 330 valence electrons. The third-order valence-electron chi connectivity index (χ3n) is 8.17. The molecular formula is C41H72O14P2. The van der Waals surface area contributed by atoms with Crippen molar-refractivity contribution < 1.29 is 66.7 Å². The average molecular weight is 851 g/mol. The Morgan fingerprint density at radius 3 is 1.88 bits per heavy atom. The molecule has 0 radical (unpaired) electrons. The van der Waals surface area contributed by atoms with Gasteiger partial charge in [-0.05, 0) is 50.9 Å². The molecule has 2 unspecified atom stereocenters. The van der Waals surface area contributed by atoms with E-state index in [1.54, 1.807) is 12.2 Å². The van der Waals surface area contributed by atoms with E-state index in [0.717, 1.165) is 38.0 Å². The highest BCUT2D eigenvalue weighted by Crippen LogP contribution is 2.43. The van der Waals surface area contributed by atoms with Gasteiger partial charge < -0.3 is 34.4 Å². The molecule has 16 heteroatoms. The summed E-state index contributed by atoms with van der Waals surface area (Å²) in [7, 11) is -9.71. The second-order valence-corrected chi connectivity index (χ2v) is 16.9. The summed E-state index contributed by atoms with van der Waals surface area (Å²) >= 11 is 0. The summed E-state index contributed by atoms with van der Waals surface area (Å²) in [5.74, 6) is -0.393. The Kier molecular flexibility index (Phi) is 34.3. The van der Waals surface area contributed by atoms with Gasteiger partial charge in [0.15, 0.2) is 6.10 Å². The SMILES string of the molecule is CC/C=C\C/C=C\CC(O)/C=C/C=C\C/C=C\CCCC(=O)O[C@H](COC(=O)CCCCCCCCCCCC(C)C)COP(=O)(O)OC[C@@H](O)COP(=O)(O)O. The fourth-order valence-electron chi connectivity index (χ4n) is 5.06. The highest BCUT2D eigenvalue weighted by Gasteiger charge is 2.28. The van der Waals surface area contributed by atoms with Crippen molar-refractivity contribution in [2.24, 2.45) is 5.92 Å². The molecule has 0 saturated carbocycles. The van der Waals surface area contributed by atoms with E-state index >= 15 is 0 Å². The van der Waals surface area contributed by atoms with Gasteiger partial charge in [-0.3, -0.25) is 23.2 Å². The molecule has 0 aliphatic rings. The second-order valence-electron chi connectivity index (χ2n) is 14.2. The zero-order valence-electron chi connectivity index (χ0n) is 34.4. The molecular weight excluding hydrogens is 778 g/mol. The molecule has 0 aliphatic carbocycles. The standard InChI is InChI=1S/C41H72O14P2/c1-4-5-6-7-18-23-28-37(42)29-24-19-14-11-12-16-21-26-31-41(45)55-39(35-54-57(49,50)53-33-38(43)32-52-56(46,47)48)34-51-40(44)30-25-20-15-10-8-9-13-17-22-27-36(2)3/h5-6,12,14,16,18-19,23-24,29,36-39,42-43H,4,7-11,13,15,17,20-22,25-28,30-35H2,1-3H3,(H,49,50)(H2,46,47,48)/b6-5-,16-12-,19-14-,23-18-,29-24+/t37?,38-,39+/m0/s1. The van der Waals surface area contributed by atoms with Crippen molar-refractivity contribution in [3.63, 3.8) is 0 Å². The first kappa shape index (κ1) is 54.8. The Balaban J connectivity index is 4.73. The van der Waals surface area contributed by atoms with E-state index in [1.165, 1.54) is 38.5 Å². The van der Waals surface area contributed by atoms with Crippen LogP contribution in [0.4, 0.5) is 0 Å². The largest absolute Gasteiger partial charge is 0.472 e. The van der Waals surface area contributed by atoms with Crippen molar-refractivity contribution in [1.82, 2.24) is 0 Å². The lowest BCUT2D eigenvalue weighted by atomic mass is 10.0. The summed E-state index contributed by atoms with van der Waals surface area (Å²) in [6, 6.07) is 0. The van der Waals surface area contributed by atoms with Gasteiger partial charge in [0.05, 0.1) is 25.9 Å². The summed E-state index contributed by atoms with van der Waals surface area (Å²) in [5, 5.41) is 19.7. The van der Waals surface area contributed by atoms with Gasteiger partial charge in [-0.15, -0.1) is 0 Å². The van der Waals surface area contributed by atoms with Crippen LogP contribution in [0, 0.1) is 5.92 Å². The first-order chi connectivity index (χ1) is 27.1. The van der Waals surface area contributed by atoms with Crippen LogP contribution in [0.15, 0.2) is 60.8 Å². The summed E-state index contributed by atoms with van der Waals surface area (Å²) in [6.07, 6.45) is 31.3. The van der Waals surface area contributed by atoms with Crippen molar-refractivity contribution in [2.75, 3.05) is 26.4 Å². The molecule has 0 amide bonds. The number of phosphoric acid groups is 2. The summed E-state index contributed by atoms with van der Waals surface area (Å²) in [4.78, 5) is 52.5. The van der Waals surface area contributed by atoms with E-state index in [9.17, 15) is 33.8 Å². The lowest BCUT2D eigenvalue weighted by molar-refractivity contribution is -0.161. The van der Waals surface area contributed by atoms with Gasteiger partial charge in [-0.2, -0.15) is 0 Å². The number of aliphatic hydroxyl groups is 2. The maximum absolute atomic E-state index is 12.6. The topological polar surface area (TPSA) is 216 Å². The monoisotopic (exact) mass is 850 g/mol. The minimum absolute atomic E-state index is 0.0194. The van der Waals surface area contributed by atoms with E-state index in [-0.39, 0.29) is 12.8 Å². The zero-order chi connectivity index (χ0) is 42.6. The molecule has 0 spiro atoms. The summed E-state index contributed by atoms with van der Waals surface area (Å²) < 4.78 is 47.6. The molecule has 0 aromatic rings. The predicted octanol–water partition coefficient (Wildman–Crippen LogP) is 8.88. The zero-order valence-corrected chi connectivity index (χ0v) is 36.2. The average Bonchev–Trinajstić information content (AvgIpc) is 3.15. The van der Waals surface area contributed by atoms with Crippen LogP contribution in [-0.4, -0.2) is 81.6 Å². The Morgan fingerprint density at radius 2 is 1.21 bits per heavy atom. The lowest BCUT2D eigenvalue weighted by Crippen LogP contribution is -2.29. The molecule has 0 rings (SSSR count). The number of rotatable bonds is 37. The van der Waals surface area contributed by atoms with Crippen LogP contribution in [0.2, 0.25) is 0 Å². The van der Waals surface area contributed by atoms with Crippen molar-refractivity contribution >= 4 is 27.6 Å². The van der Waals surface area contributed by atoms with Crippen molar-refractivity contribution in [1.29, 1.82) is 0 Å². The van der Waals surface area contributed by atoms with E-state index in [2.05, 4.69) is 42.0 Å². The molecule has 0 aliphatic heterocycles. The van der Waals surface area contributed by atoms with Crippen molar-refractivity contribution in [3.05, 3.63) is 60.8 Å². The quantitative estimate of drug-likeness (QED) is 0.0130. The predicted molar refractivity (Wildman–Crippen MR) is 222 cm³/mol. The molecule has 4 atom stereocenters. The van der Waals surface area contributed by atoms with E-state index in [0.29, 0.717) is 32.1 Å². The van der Waals surface area contributed by atoms with Crippen LogP contribution in [0.1, 0.15) is 136 Å². The number of carbonyl (C=O) groups is 2. The number of ether oxygens (including phenoxy) is 2. The van der Waals surface area contributed by atoms with Gasteiger partial charge in [-0.25, -0.2) is 9.13 Å². The van der Waals surface area contributed by atoms with Crippen molar-refractivity contribution in [3.8, 4) is 0 Å². The van der Waals surface area contributed by atoms with E-state index in [1.807, 2.05) is 36.5 Å². The summed E-state index contributed by atoms with van der Waals surface area (Å²) in [5.41, 5.74) is 0. The van der Waals surface area contributed by atoms with Gasteiger partial charge in [0, 0.05) is 12.8 Å². The maximum Gasteiger partial charge on any atom is 0.472 e.